The maximum Gasteiger partial charge on any atom is 0.345 e. The second-order valence-corrected chi connectivity index (χ2v) is 8.00. The van der Waals surface area contributed by atoms with Crippen LogP contribution in [-0.2, 0) is 4.74 Å². The number of anilines is 3. The van der Waals surface area contributed by atoms with Crippen LogP contribution in [0.1, 0.15) is 17.3 Å². The monoisotopic (exact) mass is 420 g/mol. The van der Waals surface area contributed by atoms with E-state index in [0.717, 1.165) is 35.8 Å². The molecule has 2 aromatic carbocycles. The molecule has 0 saturated carbocycles. The number of carbonyl (C=O) groups is 1. The maximum absolute atomic E-state index is 13.0. The molecule has 0 atom stereocenters. The standard InChI is InChI=1S/C23H24N4O2S/c1-2-29-23(28)19-21(24-18-11-7-4-8-12-18)25-20(17-9-5-3-6-10-17)26-22(19)27-13-15-30-16-14-27/h3-12H,2,13-16H2,1H3,(H,24,25,26). The number of thioether (sulfide) groups is 1. The minimum atomic E-state index is -0.413. The molecular weight excluding hydrogens is 396 g/mol. The quantitative estimate of drug-likeness (QED) is 0.584. The summed E-state index contributed by atoms with van der Waals surface area (Å²) in [5.41, 5.74) is 2.13. The van der Waals surface area contributed by atoms with Crippen LogP contribution in [0.15, 0.2) is 60.7 Å². The van der Waals surface area contributed by atoms with Gasteiger partial charge in [0.2, 0.25) is 0 Å². The van der Waals surface area contributed by atoms with Crippen molar-refractivity contribution in [3.05, 3.63) is 66.2 Å². The number of benzene rings is 2. The molecule has 0 bridgehead atoms. The number of carbonyl (C=O) groups excluding carboxylic acids is 1. The van der Waals surface area contributed by atoms with Gasteiger partial charge in [0, 0.05) is 35.8 Å². The highest BCUT2D eigenvalue weighted by Crippen LogP contribution is 2.32. The largest absolute Gasteiger partial charge is 0.462 e. The Kier molecular flexibility index (Phi) is 6.49. The van der Waals surface area contributed by atoms with Crippen molar-refractivity contribution in [2.75, 3.05) is 41.4 Å². The van der Waals surface area contributed by atoms with E-state index in [4.69, 9.17) is 14.7 Å². The summed E-state index contributed by atoms with van der Waals surface area (Å²) in [6.45, 7) is 3.75. The zero-order chi connectivity index (χ0) is 20.8. The van der Waals surface area contributed by atoms with E-state index < -0.39 is 5.97 Å². The van der Waals surface area contributed by atoms with Gasteiger partial charge in [-0.15, -0.1) is 0 Å². The molecule has 0 radical (unpaired) electrons. The van der Waals surface area contributed by atoms with E-state index in [1.807, 2.05) is 72.4 Å². The Hall–Kier alpha value is -3.06. The molecule has 0 unspecified atom stereocenters. The number of ether oxygens (including phenoxy) is 1. The van der Waals surface area contributed by atoms with Crippen molar-refractivity contribution in [3.8, 4) is 11.4 Å². The van der Waals surface area contributed by atoms with E-state index in [2.05, 4.69) is 10.2 Å². The van der Waals surface area contributed by atoms with Gasteiger partial charge in [0.05, 0.1) is 6.61 Å². The van der Waals surface area contributed by atoms with Crippen LogP contribution >= 0.6 is 11.8 Å². The van der Waals surface area contributed by atoms with E-state index in [-0.39, 0.29) is 0 Å². The molecule has 7 heteroatoms. The fraction of sp³-hybridized carbons (Fsp3) is 0.261. The first-order valence-electron chi connectivity index (χ1n) is 10.1. The lowest BCUT2D eigenvalue weighted by molar-refractivity contribution is 0.0527. The zero-order valence-corrected chi connectivity index (χ0v) is 17.7. The number of esters is 1. The summed E-state index contributed by atoms with van der Waals surface area (Å²) in [6, 6.07) is 19.5. The Morgan fingerprint density at radius 3 is 2.37 bits per heavy atom. The highest BCUT2D eigenvalue weighted by atomic mass is 32.2. The molecule has 2 heterocycles. The molecule has 0 amide bonds. The summed E-state index contributed by atoms with van der Waals surface area (Å²) < 4.78 is 5.39. The minimum absolute atomic E-state index is 0.291. The first kappa shape index (κ1) is 20.2. The van der Waals surface area contributed by atoms with Crippen molar-refractivity contribution in [2.24, 2.45) is 0 Å². The lowest BCUT2D eigenvalue weighted by atomic mass is 10.2. The van der Waals surface area contributed by atoms with Crippen molar-refractivity contribution in [1.29, 1.82) is 0 Å². The third kappa shape index (κ3) is 4.57. The number of aromatic nitrogens is 2. The van der Waals surface area contributed by atoms with Crippen LogP contribution in [0.2, 0.25) is 0 Å². The Morgan fingerprint density at radius 2 is 1.70 bits per heavy atom. The average Bonchev–Trinajstić information content (AvgIpc) is 2.80. The Bertz CT molecular complexity index is 993. The van der Waals surface area contributed by atoms with Crippen LogP contribution < -0.4 is 10.2 Å². The van der Waals surface area contributed by atoms with E-state index in [0.29, 0.717) is 29.6 Å². The van der Waals surface area contributed by atoms with Crippen molar-refractivity contribution in [3.63, 3.8) is 0 Å². The van der Waals surface area contributed by atoms with E-state index in [9.17, 15) is 4.79 Å². The molecule has 0 spiro atoms. The van der Waals surface area contributed by atoms with Crippen molar-refractivity contribution < 1.29 is 9.53 Å². The molecule has 3 aromatic rings. The van der Waals surface area contributed by atoms with Crippen LogP contribution in [0.25, 0.3) is 11.4 Å². The highest BCUT2D eigenvalue weighted by Gasteiger charge is 2.27. The van der Waals surface area contributed by atoms with Crippen LogP contribution in [0.5, 0.6) is 0 Å². The third-order valence-electron chi connectivity index (χ3n) is 4.75. The third-order valence-corrected chi connectivity index (χ3v) is 5.69. The number of nitrogens with zero attached hydrogens (tertiary/aromatic N) is 3. The topological polar surface area (TPSA) is 67.3 Å². The number of hydrogen-bond donors (Lipinski definition) is 1. The van der Waals surface area contributed by atoms with E-state index in [1.54, 1.807) is 6.92 Å². The highest BCUT2D eigenvalue weighted by molar-refractivity contribution is 7.99. The predicted octanol–water partition coefficient (Wildman–Crippen LogP) is 4.62. The fourth-order valence-corrected chi connectivity index (χ4v) is 4.21. The lowest BCUT2D eigenvalue weighted by Gasteiger charge is -2.29. The molecule has 6 nitrogen and oxygen atoms in total. The Labute approximate surface area is 180 Å². The maximum atomic E-state index is 13.0. The smallest absolute Gasteiger partial charge is 0.345 e. The molecule has 1 N–H and O–H groups in total. The van der Waals surface area contributed by atoms with Crippen molar-refractivity contribution in [1.82, 2.24) is 9.97 Å². The number of nitrogens with one attached hydrogen (secondary N) is 1. The van der Waals surface area contributed by atoms with Gasteiger partial charge in [0.15, 0.2) is 11.6 Å². The van der Waals surface area contributed by atoms with Crippen molar-refractivity contribution >= 4 is 35.1 Å². The minimum Gasteiger partial charge on any atom is -0.462 e. The summed E-state index contributed by atoms with van der Waals surface area (Å²) in [5.74, 6) is 3.24. The van der Waals surface area contributed by atoms with E-state index in [1.165, 1.54) is 0 Å². The summed E-state index contributed by atoms with van der Waals surface area (Å²) in [7, 11) is 0. The average molecular weight is 421 g/mol. The van der Waals surface area contributed by atoms with Gasteiger partial charge in [0.1, 0.15) is 11.4 Å². The Balaban J connectivity index is 1.88. The lowest BCUT2D eigenvalue weighted by Crippen LogP contribution is -2.35. The molecule has 1 aromatic heterocycles. The van der Waals surface area contributed by atoms with Gasteiger partial charge < -0.3 is 15.0 Å². The summed E-state index contributed by atoms with van der Waals surface area (Å²) in [4.78, 5) is 24.7. The van der Waals surface area contributed by atoms with Gasteiger partial charge in [-0.1, -0.05) is 48.5 Å². The van der Waals surface area contributed by atoms with Gasteiger partial charge >= 0.3 is 5.97 Å². The molecule has 4 rings (SSSR count). The molecule has 0 aliphatic carbocycles. The number of hydrogen-bond acceptors (Lipinski definition) is 7. The molecule has 30 heavy (non-hydrogen) atoms. The summed E-state index contributed by atoms with van der Waals surface area (Å²) in [5, 5.41) is 3.32. The number of rotatable bonds is 6. The van der Waals surface area contributed by atoms with Crippen molar-refractivity contribution in [2.45, 2.75) is 6.92 Å². The van der Waals surface area contributed by atoms with Crippen LogP contribution in [0, 0.1) is 0 Å². The van der Waals surface area contributed by atoms with Gasteiger partial charge in [0.25, 0.3) is 0 Å². The second-order valence-electron chi connectivity index (χ2n) is 6.77. The SMILES string of the molecule is CCOC(=O)c1c(Nc2ccccc2)nc(-c2ccccc2)nc1N1CCSCC1. The fourth-order valence-electron chi connectivity index (χ4n) is 3.31. The second kappa shape index (κ2) is 9.63. The molecule has 1 saturated heterocycles. The first-order chi connectivity index (χ1) is 14.8. The van der Waals surface area contributed by atoms with Crippen LogP contribution in [0.3, 0.4) is 0 Å². The van der Waals surface area contributed by atoms with Crippen LogP contribution in [-0.4, -0.2) is 47.1 Å². The molecule has 1 aliphatic rings. The van der Waals surface area contributed by atoms with Gasteiger partial charge in [-0.2, -0.15) is 11.8 Å². The predicted molar refractivity (Wildman–Crippen MR) is 123 cm³/mol. The van der Waals surface area contributed by atoms with E-state index >= 15 is 0 Å². The molecule has 1 aliphatic heterocycles. The molecular formula is C23H24N4O2S. The summed E-state index contributed by atoms with van der Waals surface area (Å²) in [6.07, 6.45) is 0. The molecule has 1 fully saturated rings. The first-order valence-corrected chi connectivity index (χ1v) is 11.2. The van der Waals surface area contributed by atoms with Gasteiger partial charge in [-0.05, 0) is 19.1 Å². The summed E-state index contributed by atoms with van der Waals surface area (Å²) >= 11 is 1.91. The zero-order valence-electron chi connectivity index (χ0n) is 16.9. The van der Waals surface area contributed by atoms with Crippen LogP contribution in [0.4, 0.5) is 17.3 Å². The molecule has 154 valence electrons. The Morgan fingerprint density at radius 1 is 1.03 bits per heavy atom. The normalized spacial score (nSPS) is 13.7. The number of para-hydroxylation sites is 1. The van der Waals surface area contributed by atoms with Gasteiger partial charge in [-0.25, -0.2) is 14.8 Å². The van der Waals surface area contributed by atoms with Gasteiger partial charge in [-0.3, -0.25) is 0 Å².